The molecule has 64 valence electrons. The van der Waals surface area contributed by atoms with E-state index in [0.717, 1.165) is 0 Å². The first-order valence-electron chi connectivity index (χ1n) is 2.61. The van der Waals surface area contributed by atoms with Crippen LogP contribution in [0.5, 0.6) is 0 Å². The van der Waals surface area contributed by atoms with Crippen LogP contribution in [-0.4, -0.2) is 17.0 Å². The lowest BCUT2D eigenvalue weighted by Gasteiger charge is -2.19. The normalized spacial score (nSPS) is 37.5. The molecule has 11 heavy (non-hydrogen) atoms. The third-order valence-electron chi connectivity index (χ3n) is 1.09. The second-order valence-electron chi connectivity index (χ2n) is 2.00. The molecule has 1 aliphatic rings. The zero-order valence-electron chi connectivity index (χ0n) is 5.03. The molecule has 0 radical (unpaired) electrons. The number of rotatable bonds is 1. The molecule has 0 fully saturated rings. The highest BCUT2D eigenvalue weighted by Crippen LogP contribution is 2.39. The summed E-state index contributed by atoms with van der Waals surface area (Å²) in [4.78, 5) is 0. The van der Waals surface area contributed by atoms with Gasteiger partial charge in [0.05, 0.1) is 0 Å². The lowest BCUT2D eigenvalue weighted by Crippen LogP contribution is -2.33. The van der Waals surface area contributed by atoms with Crippen molar-refractivity contribution in [3.63, 3.8) is 0 Å². The Balaban J connectivity index is 2.76. The van der Waals surface area contributed by atoms with Crippen LogP contribution < -0.4 is 0 Å². The smallest absolute Gasteiger partial charge is 0.272 e. The molecule has 0 amide bonds. The highest BCUT2D eigenvalue weighted by molar-refractivity contribution is 9.09. The first kappa shape index (κ1) is 8.99. The summed E-state index contributed by atoms with van der Waals surface area (Å²) >= 11 is 2.16. The average Bonchev–Trinajstić information content (AvgIpc) is 2.08. The second kappa shape index (κ2) is 2.45. The van der Waals surface area contributed by atoms with Gasteiger partial charge in [-0.1, -0.05) is 0 Å². The van der Waals surface area contributed by atoms with Crippen molar-refractivity contribution in [2.45, 2.75) is 17.0 Å². The molecular formula is C5H3BrF4O. The molecule has 1 aliphatic heterocycles. The van der Waals surface area contributed by atoms with Crippen molar-refractivity contribution in [3.05, 3.63) is 12.2 Å². The van der Waals surface area contributed by atoms with E-state index in [-0.39, 0.29) is 6.08 Å². The van der Waals surface area contributed by atoms with Crippen LogP contribution >= 0.6 is 15.9 Å². The van der Waals surface area contributed by atoms with Crippen molar-refractivity contribution >= 4 is 15.9 Å². The molecule has 0 saturated carbocycles. The Morgan fingerprint density at radius 3 is 2.00 bits per heavy atom. The van der Waals surface area contributed by atoms with Gasteiger partial charge in [-0.2, -0.15) is 8.78 Å². The van der Waals surface area contributed by atoms with Gasteiger partial charge in [-0.25, -0.2) is 8.78 Å². The Hall–Kier alpha value is -0.100. The minimum absolute atomic E-state index is 0.167. The van der Waals surface area contributed by atoms with Gasteiger partial charge in [0.25, 0.3) is 5.85 Å². The molecule has 0 unspecified atom stereocenters. The van der Waals surface area contributed by atoms with Crippen LogP contribution in [-0.2, 0) is 4.74 Å². The zero-order valence-corrected chi connectivity index (χ0v) is 6.62. The van der Waals surface area contributed by atoms with E-state index in [1.165, 1.54) is 0 Å². The van der Waals surface area contributed by atoms with Gasteiger partial charge in [0.1, 0.15) is 0 Å². The Labute approximate surface area is 68.1 Å². The maximum Gasteiger partial charge on any atom is 0.379 e. The molecule has 6 heteroatoms. The summed E-state index contributed by atoms with van der Waals surface area (Å²) in [5, 5.41) is -2.29. The number of ether oxygens (including phenoxy) is 1. The lowest BCUT2D eigenvalue weighted by molar-refractivity contribution is -0.278. The highest BCUT2D eigenvalue weighted by atomic mass is 79.9. The average molecular weight is 235 g/mol. The molecule has 1 rings (SSSR count). The Kier molecular flexibility index (Phi) is 2.00. The molecule has 1 nitrogen and oxygen atoms in total. The summed E-state index contributed by atoms with van der Waals surface area (Å²) in [5.41, 5.74) is 0. The molecule has 1 heterocycles. The number of alkyl halides is 5. The van der Waals surface area contributed by atoms with Crippen LogP contribution in [0, 0.1) is 0 Å². The first-order chi connectivity index (χ1) is 4.86. The van der Waals surface area contributed by atoms with Crippen LogP contribution in [0.25, 0.3) is 0 Å². The lowest BCUT2D eigenvalue weighted by atomic mass is 10.3. The molecule has 0 saturated heterocycles. The minimum Gasteiger partial charge on any atom is -0.272 e. The van der Waals surface area contributed by atoms with E-state index >= 15 is 0 Å². The van der Waals surface area contributed by atoms with Gasteiger partial charge < -0.3 is 0 Å². The molecule has 0 aromatic heterocycles. The van der Waals surface area contributed by atoms with Gasteiger partial charge >= 0.3 is 6.11 Å². The molecule has 0 aromatic rings. The van der Waals surface area contributed by atoms with Crippen molar-refractivity contribution in [1.82, 2.24) is 0 Å². The molecule has 0 N–H and O–H groups in total. The monoisotopic (exact) mass is 234 g/mol. The van der Waals surface area contributed by atoms with E-state index in [0.29, 0.717) is 6.08 Å². The van der Waals surface area contributed by atoms with Crippen molar-refractivity contribution in [2.75, 3.05) is 0 Å². The van der Waals surface area contributed by atoms with Gasteiger partial charge in [-0.15, -0.1) is 0 Å². The molecule has 0 aromatic carbocycles. The fourth-order valence-electron chi connectivity index (χ4n) is 0.605. The highest BCUT2D eigenvalue weighted by Gasteiger charge is 2.51. The second-order valence-corrected chi connectivity index (χ2v) is 2.80. The van der Waals surface area contributed by atoms with E-state index in [2.05, 4.69) is 20.7 Å². The maximum atomic E-state index is 12.7. The summed E-state index contributed by atoms with van der Waals surface area (Å²) in [6, 6.07) is 0. The fourth-order valence-corrected chi connectivity index (χ4v) is 0.851. The number of halogens is 5. The van der Waals surface area contributed by atoms with Crippen molar-refractivity contribution in [1.29, 1.82) is 0 Å². The quantitative estimate of drug-likeness (QED) is 0.385. The Morgan fingerprint density at radius 1 is 1.27 bits per heavy atom. The topological polar surface area (TPSA) is 9.23 Å². The predicted octanol–water partition coefficient (Wildman–Crippen LogP) is 2.52. The summed E-state index contributed by atoms with van der Waals surface area (Å²) < 4.78 is 52.5. The third kappa shape index (κ3) is 1.73. The largest absolute Gasteiger partial charge is 0.379 e. The summed E-state index contributed by atoms with van der Waals surface area (Å²) in [5.74, 6) is -3.05. The van der Waals surface area contributed by atoms with Crippen LogP contribution in [0.1, 0.15) is 0 Å². The molecule has 0 aliphatic carbocycles. The molecular weight excluding hydrogens is 232 g/mol. The standard InChI is InChI=1S/C5H3BrF4O/c6-3(7)4(8)1-2-5(9,10)11-4/h1-3H/t3-,4-/m1/s1. The SMILES string of the molecule is F[C@@H](Br)[C@@]1(F)C=CC(F)(F)O1. The summed E-state index contributed by atoms with van der Waals surface area (Å²) in [7, 11) is 0. The number of hydrogen-bond acceptors (Lipinski definition) is 1. The van der Waals surface area contributed by atoms with Crippen LogP contribution in [0.15, 0.2) is 12.2 Å². The van der Waals surface area contributed by atoms with Gasteiger partial charge in [-0.05, 0) is 22.0 Å². The van der Waals surface area contributed by atoms with E-state index in [1.54, 1.807) is 0 Å². The van der Waals surface area contributed by atoms with Crippen molar-refractivity contribution in [3.8, 4) is 0 Å². The van der Waals surface area contributed by atoms with Gasteiger partial charge in [-0.3, -0.25) is 4.74 Å². The molecule has 0 spiro atoms. The van der Waals surface area contributed by atoms with Gasteiger partial charge in [0.15, 0.2) is 0 Å². The van der Waals surface area contributed by atoms with Crippen LogP contribution in [0.4, 0.5) is 17.6 Å². The molecule has 0 bridgehead atoms. The first-order valence-corrected chi connectivity index (χ1v) is 3.53. The van der Waals surface area contributed by atoms with E-state index in [1.807, 2.05) is 0 Å². The maximum absolute atomic E-state index is 12.7. The van der Waals surface area contributed by atoms with Gasteiger partial charge in [0.2, 0.25) is 5.08 Å². The van der Waals surface area contributed by atoms with Crippen LogP contribution in [0.3, 0.4) is 0 Å². The van der Waals surface area contributed by atoms with Crippen molar-refractivity contribution < 1.29 is 22.3 Å². The third-order valence-corrected chi connectivity index (χ3v) is 1.72. The number of hydrogen-bond donors (Lipinski definition) is 0. The zero-order chi connectivity index (χ0) is 8.70. The molecule has 2 atom stereocenters. The van der Waals surface area contributed by atoms with E-state index in [9.17, 15) is 17.6 Å². The fraction of sp³-hybridized carbons (Fsp3) is 0.600. The van der Waals surface area contributed by atoms with E-state index < -0.39 is 17.0 Å². The minimum atomic E-state index is -3.72. The Morgan fingerprint density at radius 2 is 1.82 bits per heavy atom. The van der Waals surface area contributed by atoms with Crippen LogP contribution in [0.2, 0.25) is 0 Å². The summed E-state index contributed by atoms with van der Waals surface area (Å²) in [6.07, 6.45) is -3.21. The van der Waals surface area contributed by atoms with E-state index in [4.69, 9.17) is 0 Å². The predicted molar refractivity (Wildman–Crippen MR) is 32.8 cm³/mol. The Bertz CT molecular complexity index is 193. The van der Waals surface area contributed by atoms with Crippen molar-refractivity contribution in [2.24, 2.45) is 0 Å². The van der Waals surface area contributed by atoms with Gasteiger partial charge in [0, 0.05) is 6.08 Å². The summed E-state index contributed by atoms with van der Waals surface area (Å²) in [6.45, 7) is 0.